The molecule has 0 aliphatic heterocycles. The average molecular weight is 431 g/mol. The van der Waals surface area contributed by atoms with Gasteiger partial charge in [0.15, 0.2) is 0 Å². The number of benzene rings is 3. The molecule has 1 unspecified atom stereocenters. The molecule has 0 spiro atoms. The summed E-state index contributed by atoms with van der Waals surface area (Å²) in [6.45, 7) is 3.69. The third-order valence-electron chi connectivity index (χ3n) is 4.85. The summed E-state index contributed by atoms with van der Waals surface area (Å²) >= 11 is 0. The molecular formula is C25H25N3O4. The zero-order chi connectivity index (χ0) is 23.1. The van der Waals surface area contributed by atoms with Gasteiger partial charge < -0.3 is 21.1 Å². The molecule has 0 fully saturated rings. The van der Waals surface area contributed by atoms with Crippen LogP contribution in [0, 0.1) is 0 Å². The van der Waals surface area contributed by atoms with Crippen molar-refractivity contribution >= 4 is 23.4 Å². The van der Waals surface area contributed by atoms with E-state index >= 15 is 0 Å². The molecule has 3 aromatic carbocycles. The van der Waals surface area contributed by atoms with Crippen LogP contribution in [-0.4, -0.2) is 17.7 Å². The second-order valence-corrected chi connectivity index (χ2v) is 7.23. The van der Waals surface area contributed by atoms with Crippen LogP contribution < -0.4 is 21.1 Å². The van der Waals surface area contributed by atoms with Gasteiger partial charge in [-0.1, -0.05) is 19.1 Å². The Morgan fingerprint density at radius 2 is 1.38 bits per heavy atom. The van der Waals surface area contributed by atoms with E-state index in [-0.39, 0.29) is 17.9 Å². The Morgan fingerprint density at radius 3 is 1.88 bits per heavy atom. The first-order valence-electron chi connectivity index (χ1n) is 10.2. The highest BCUT2D eigenvalue weighted by atomic mass is 16.5. The molecule has 3 amide bonds. The zero-order valence-electron chi connectivity index (χ0n) is 17.9. The third-order valence-corrected chi connectivity index (χ3v) is 4.85. The van der Waals surface area contributed by atoms with E-state index in [1.54, 1.807) is 55.5 Å². The topological polar surface area (TPSA) is 111 Å². The number of hydrogen-bond acceptors (Lipinski definition) is 4. The lowest BCUT2D eigenvalue weighted by Crippen LogP contribution is -2.26. The smallest absolute Gasteiger partial charge is 0.251 e. The molecule has 7 heteroatoms. The molecule has 1 atom stereocenters. The number of primary amides is 1. The quantitative estimate of drug-likeness (QED) is 0.490. The highest BCUT2D eigenvalue weighted by molar-refractivity contribution is 5.94. The number of carbonyl (C=O) groups is 3. The maximum Gasteiger partial charge on any atom is 0.251 e. The first-order valence-corrected chi connectivity index (χ1v) is 10.2. The second-order valence-electron chi connectivity index (χ2n) is 7.23. The molecule has 3 aromatic rings. The number of ether oxygens (including phenoxy) is 1. The molecule has 0 bridgehead atoms. The van der Waals surface area contributed by atoms with Gasteiger partial charge in [-0.25, -0.2) is 0 Å². The standard InChI is InChI=1S/C25H25N3O4/c1-3-23(29)28-20-10-4-17(5-11-20)16(2)27-25(31)19-8-14-22(15-9-19)32-21-12-6-18(7-13-21)24(26)30/h4-16H,3H2,1-2H3,(H2,26,30)(H,27,31)(H,28,29). The fourth-order valence-electron chi connectivity index (χ4n) is 2.97. The Balaban J connectivity index is 1.58. The van der Waals surface area contributed by atoms with E-state index in [2.05, 4.69) is 10.6 Å². The minimum atomic E-state index is -0.500. The third kappa shape index (κ3) is 5.95. The highest BCUT2D eigenvalue weighted by Crippen LogP contribution is 2.23. The van der Waals surface area contributed by atoms with Crippen molar-refractivity contribution < 1.29 is 19.1 Å². The lowest BCUT2D eigenvalue weighted by atomic mass is 10.1. The number of nitrogens with one attached hydrogen (secondary N) is 2. The summed E-state index contributed by atoms with van der Waals surface area (Å²) in [5.41, 5.74) is 7.78. The van der Waals surface area contributed by atoms with Crippen molar-refractivity contribution in [3.8, 4) is 11.5 Å². The van der Waals surface area contributed by atoms with Crippen LogP contribution in [0.25, 0.3) is 0 Å². The van der Waals surface area contributed by atoms with Crippen molar-refractivity contribution in [1.29, 1.82) is 0 Å². The average Bonchev–Trinajstić information content (AvgIpc) is 2.80. The van der Waals surface area contributed by atoms with E-state index in [9.17, 15) is 14.4 Å². The molecule has 0 aliphatic rings. The highest BCUT2D eigenvalue weighted by Gasteiger charge is 2.12. The van der Waals surface area contributed by atoms with E-state index in [4.69, 9.17) is 10.5 Å². The van der Waals surface area contributed by atoms with Crippen molar-refractivity contribution in [2.24, 2.45) is 5.73 Å². The lowest BCUT2D eigenvalue weighted by molar-refractivity contribution is -0.115. The van der Waals surface area contributed by atoms with Gasteiger partial charge in [0, 0.05) is 23.2 Å². The summed E-state index contributed by atoms with van der Waals surface area (Å²) in [5, 5.41) is 5.75. The van der Waals surface area contributed by atoms with Gasteiger partial charge in [-0.05, 0) is 73.2 Å². The maximum atomic E-state index is 12.6. The van der Waals surface area contributed by atoms with Gasteiger partial charge in [-0.2, -0.15) is 0 Å². The van der Waals surface area contributed by atoms with Gasteiger partial charge in [0.25, 0.3) is 5.91 Å². The molecule has 3 rings (SSSR count). The number of amides is 3. The number of rotatable bonds is 8. The molecule has 0 aliphatic carbocycles. The number of anilines is 1. The van der Waals surface area contributed by atoms with Gasteiger partial charge in [0.1, 0.15) is 11.5 Å². The van der Waals surface area contributed by atoms with Crippen LogP contribution in [0.4, 0.5) is 5.69 Å². The normalized spacial score (nSPS) is 11.3. The predicted octanol–water partition coefficient (Wildman–Crippen LogP) is 4.42. The Labute approximate surface area is 186 Å². The number of nitrogens with two attached hydrogens (primary N) is 1. The van der Waals surface area contributed by atoms with E-state index in [1.165, 1.54) is 0 Å². The van der Waals surface area contributed by atoms with Crippen LogP contribution >= 0.6 is 0 Å². The number of hydrogen-bond donors (Lipinski definition) is 3. The van der Waals surface area contributed by atoms with E-state index in [0.29, 0.717) is 29.0 Å². The minimum absolute atomic E-state index is 0.0470. The van der Waals surface area contributed by atoms with E-state index in [0.717, 1.165) is 11.3 Å². The molecule has 0 saturated heterocycles. The Bertz CT molecular complexity index is 1090. The monoisotopic (exact) mass is 431 g/mol. The molecule has 0 saturated carbocycles. The summed E-state index contributed by atoms with van der Waals surface area (Å²) in [7, 11) is 0. The molecule has 7 nitrogen and oxygen atoms in total. The van der Waals surface area contributed by atoms with Crippen molar-refractivity contribution in [1.82, 2.24) is 5.32 Å². The van der Waals surface area contributed by atoms with Gasteiger partial charge in [0.2, 0.25) is 11.8 Å². The molecular weight excluding hydrogens is 406 g/mol. The minimum Gasteiger partial charge on any atom is -0.457 e. The number of carbonyl (C=O) groups excluding carboxylic acids is 3. The van der Waals surface area contributed by atoms with E-state index in [1.807, 2.05) is 31.2 Å². The fourth-order valence-corrected chi connectivity index (χ4v) is 2.97. The molecule has 164 valence electrons. The Hall–Kier alpha value is -4.13. The SMILES string of the molecule is CCC(=O)Nc1ccc(C(C)NC(=O)c2ccc(Oc3ccc(C(N)=O)cc3)cc2)cc1. The van der Waals surface area contributed by atoms with Crippen LogP contribution in [0.1, 0.15) is 52.6 Å². The fraction of sp³-hybridized carbons (Fsp3) is 0.160. The summed E-state index contributed by atoms with van der Waals surface area (Å²) in [6, 6.07) is 20.4. The zero-order valence-corrected chi connectivity index (χ0v) is 17.9. The first kappa shape index (κ1) is 22.6. The summed E-state index contributed by atoms with van der Waals surface area (Å²) in [4.78, 5) is 35.2. The van der Waals surface area contributed by atoms with Gasteiger partial charge in [0.05, 0.1) is 6.04 Å². The van der Waals surface area contributed by atoms with Gasteiger partial charge in [-0.15, -0.1) is 0 Å². The Morgan fingerprint density at radius 1 is 0.844 bits per heavy atom. The van der Waals surface area contributed by atoms with Crippen molar-refractivity contribution in [3.63, 3.8) is 0 Å². The molecule has 0 heterocycles. The van der Waals surface area contributed by atoms with Crippen molar-refractivity contribution in [2.45, 2.75) is 26.3 Å². The molecule has 0 radical (unpaired) electrons. The van der Waals surface area contributed by atoms with Gasteiger partial charge in [-0.3, -0.25) is 14.4 Å². The second kappa shape index (κ2) is 10.3. The van der Waals surface area contributed by atoms with E-state index < -0.39 is 5.91 Å². The van der Waals surface area contributed by atoms with Crippen LogP contribution in [0.3, 0.4) is 0 Å². The lowest BCUT2D eigenvalue weighted by Gasteiger charge is -2.15. The van der Waals surface area contributed by atoms with Crippen LogP contribution in [0.15, 0.2) is 72.8 Å². The van der Waals surface area contributed by atoms with Crippen LogP contribution in [-0.2, 0) is 4.79 Å². The van der Waals surface area contributed by atoms with Crippen LogP contribution in [0.2, 0.25) is 0 Å². The predicted molar refractivity (Wildman–Crippen MR) is 123 cm³/mol. The van der Waals surface area contributed by atoms with Crippen molar-refractivity contribution in [3.05, 3.63) is 89.5 Å². The van der Waals surface area contributed by atoms with Crippen molar-refractivity contribution in [2.75, 3.05) is 5.32 Å². The maximum absolute atomic E-state index is 12.6. The molecule has 32 heavy (non-hydrogen) atoms. The largest absolute Gasteiger partial charge is 0.457 e. The first-order chi connectivity index (χ1) is 15.4. The Kier molecular flexibility index (Phi) is 7.23. The van der Waals surface area contributed by atoms with Crippen LogP contribution in [0.5, 0.6) is 11.5 Å². The molecule has 0 aromatic heterocycles. The molecule has 4 N–H and O–H groups in total. The summed E-state index contributed by atoms with van der Waals surface area (Å²) in [5.74, 6) is 0.360. The summed E-state index contributed by atoms with van der Waals surface area (Å²) in [6.07, 6.45) is 0.416. The summed E-state index contributed by atoms with van der Waals surface area (Å²) < 4.78 is 5.73. The van der Waals surface area contributed by atoms with Gasteiger partial charge >= 0.3 is 0 Å².